The minimum atomic E-state index is -0.799. The number of nitrogens with zero attached hydrogens (tertiary/aromatic N) is 2. The minimum absolute atomic E-state index is 0.361. The molecule has 1 saturated heterocycles. The molecule has 1 aromatic heterocycles. The maximum absolute atomic E-state index is 10.1. The molecule has 16 heavy (non-hydrogen) atoms. The second kappa shape index (κ2) is 4.23. The Balaban J connectivity index is 2.02. The van der Waals surface area contributed by atoms with Gasteiger partial charge in [-0.1, -0.05) is 0 Å². The number of anilines is 2. The maximum Gasteiger partial charge on any atom is 0.134 e. The van der Waals surface area contributed by atoms with Crippen molar-refractivity contribution in [3.63, 3.8) is 0 Å². The van der Waals surface area contributed by atoms with E-state index < -0.39 is 5.60 Å². The van der Waals surface area contributed by atoms with Gasteiger partial charge < -0.3 is 20.9 Å². The molecular weight excluding hydrogens is 208 g/mol. The third-order valence-electron chi connectivity index (χ3n) is 2.79. The highest BCUT2D eigenvalue weighted by atomic mass is 16.5. The van der Waals surface area contributed by atoms with Crippen LogP contribution in [-0.4, -0.2) is 40.4 Å². The number of hydrogen-bond acceptors (Lipinski definition) is 6. The SMILES string of the molecule is Cc1c(N)ncnc1NCC1(O)CCOC1. The molecule has 6 heteroatoms. The summed E-state index contributed by atoms with van der Waals surface area (Å²) in [5, 5.41) is 13.1. The van der Waals surface area contributed by atoms with Crippen LogP contribution in [0.15, 0.2) is 6.33 Å². The van der Waals surface area contributed by atoms with Gasteiger partial charge in [0, 0.05) is 25.1 Å². The summed E-state index contributed by atoms with van der Waals surface area (Å²) in [6.07, 6.45) is 2.04. The molecule has 0 saturated carbocycles. The zero-order valence-electron chi connectivity index (χ0n) is 9.23. The molecule has 1 aliphatic heterocycles. The summed E-state index contributed by atoms with van der Waals surface area (Å²) < 4.78 is 5.16. The Morgan fingerprint density at radius 3 is 3.12 bits per heavy atom. The molecule has 1 atom stereocenters. The molecule has 0 aromatic carbocycles. The number of aromatic nitrogens is 2. The van der Waals surface area contributed by atoms with Crippen LogP contribution in [0.2, 0.25) is 0 Å². The average molecular weight is 224 g/mol. The summed E-state index contributed by atoms with van der Waals surface area (Å²) in [6.45, 7) is 3.21. The predicted molar refractivity (Wildman–Crippen MR) is 60.1 cm³/mol. The summed E-state index contributed by atoms with van der Waals surface area (Å²) in [4.78, 5) is 7.95. The van der Waals surface area contributed by atoms with Gasteiger partial charge in [0.25, 0.3) is 0 Å². The number of nitrogens with one attached hydrogen (secondary N) is 1. The molecule has 2 rings (SSSR count). The molecule has 0 aliphatic carbocycles. The third-order valence-corrected chi connectivity index (χ3v) is 2.79. The highest BCUT2D eigenvalue weighted by Crippen LogP contribution is 2.20. The summed E-state index contributed by atoms with van der Waals surface area (Å²) in [5.74, 6) is 1.11. The minimum Gasteiger partial charge on any atom is -0.386 e. The van der Waals surface area contributed by atoms with Gasteiger partial charge in [0.05, 0.1) is 6.61 Å². The molecule has 1 unspecified atom stereocenters. The fourth-order valence-electron chi connectivity index (χ4n) is 1.63. The van der Waals surface area contributed by atoms with Gasteiger partial charge in [-0.3, -0.25) is 0 Å². The van der Waals surface area contributed by atoms with Crippen molar-refractivity contribution in [1.82, 2.24) is 9.97 Å². The number of hydrogen-bond donors (Lipinski definition) is 3. The van der Waals surface area contributed by atoms with Crippen LogP contribution in [0.5, 0.6) is 0 Å². The molecule has 0 bridgehead atoms. The maximum atomic E-state index is 10.1. The van der Waals surface area contributed by atoms with Crippen LogP contribution in [0, 0.1) is 6.92 Å². The van der Waals surface area contributed by atoms with E-state index in [1.54, 1.807) is 0 Å². The monoisotopic (exact) mass is 224 g/mol. The van der Waals surface area contributed by atoms with E-state index in [9.17, 15) is 5.11 Å². The van der Waals surface area contributed by atoms with Gasteiger partial charge >= 0.3 is 0 Å². The molecule has 0 radical (unpaired) electrons. The number of nitrogens with two attached hydrogens (primary N) is 1. The second-order valence-electron chi connectivity index (χ2n) is 4.11. The Labute approximate surface area is 93.9 Å². The lowest BCUT2D eigenvalue weighted by atomic mass is 10.0. The van der Waals surface area contributed by atoms with Crippen molar-refractivity contribution in [2.24, 2.45) is 0 Å². The molecule has 4 N–H and O–H groups in total. The van der Waals surface area contributed by atoms with Crippen LogP contribution in [0.25, 0.3) is 0 Å². The molecular formula is C10H16N4O2. The number of aliphatic hydroxyl groups is 1. The first kappa shape index (κ1) is 11.1. The van der Waals surface area contributed by atoms with Crippen molar-refractivity contribution >= 4 is 11.6 Å². The van der Waals surface area contributed by atoms with E-state index in [2.05, 4.69) is 15.3 Å². The number of nitrogen functional groups attached to an aromatic ring is 1. The molecule has 1 aliphatic rings. The molecule has 0 spiro atoms. The van der Waals surface area contributed by atoms with Gasteiger partial charge in [-0.2, -0.15) is 0 Å². The normalized spacial score (nSPS) is 24.6. The molecule has 2 heterocycles. The lowest BCUT2D eigenvalue weighted by Crippen LogP contribution is -2.37. The van der Waals surface area contributed by atoms with Gasteiger partial charge in [0.1, 0.15) is 23.6 Å². The van der Waals surface area contributed by atoms with Crippen molar-refractivity contribution < 1.29 is 9.84 Å². The molecule has 1 aromatic rings. The van der Waals surface area contributed by atoms with E-state index in [-0.39, 0.29) is 0 Å². The van der Waals surface area contributed by atoms with Crippen LogP contribution in [0.3, 0.4) is 0 Å². The van der Waals surface area contributed by atoms with Crippen LogP contribution in [0.4, 0.5) is 11.6 Å². The van der Waals surface area contributed by atoms with Gasteiger partial charge in [-0.05, 0) is 6.92 Å². The zero-order valence-corrected chi connectivity index (χ0v) is 9.23. The first-order valence-corrected chi connectivity index (χ1v) is 5.22. The first-order chi connectivity index (χ1) is 7.61. The van der Waals surface area contributed by atoms with E-state index in [0.29, 0.717) is 37.8 Å². The highest BCUT2D eigenvalue weighted by molar-refractivity contribution is 5.53. The topological polar surface area (TPSA) is 93.3 Å². The van der Waals surface area contributed by atoms with E-state index >= 15 is 0 Å². The van der Waals surface area contributed by atoms with E-state index in [0.717, 1.165) is 5.56 Å². The largest absolute Gasteiger partial charge is 0.386 e. The Morgan fingerprint density at radius 2 is 2.44 bits per heavy atom. The van der Waals surface area contributed by atoms with E-state index in [1.807, 2.05) is 6.92 Å². The lowest BCUT2D eigenvalue weighted by Gasteiger charge is -2.21. The Hall–Kier alpha value is -1.40. The highest BCUT2D eigenvalue weighted by Gasteiger charge is 2.32. The van der Waals surface area contributed by atoms with Crippen LogP contribution in [0.1, 0.15) is 12.0 Å². The lowest BCUT2D eigenvalue weighted by molar-refractivity contribution is 0.0381. The van der Waals surface area contributed by atoms with Gasteiger partial charge in [0.15, 0.2) is 0 Å². The van der Waals surface area contributed by atoms with Crippen molar-refractivity contribution in [3.05, 3.63) is 11.9 Å². The Morgan fingerprint density at radius 1 is 1.62 bits per heavy atom. The Kier molecular flexibility index (Phi) is 2.93. The van der Waals surface area contributed by atoms with Crippen LogP contribution in [-0.2, 0) is 4.74 Å². The summed E-state index contributed by atoms with van der Waals surface area (Å²) in [6, 6.07) is 0. The Bertz CT molecular complexity index is 377. The summed E-state index contributed by atoms with van der Waals surface area (Å²) >= 11 is 0. The molecule has 0 amide bonds. The van der Waals surface area contributed by atoms with Crippen LogP contribution >= 0.6 is 0 Å². The number of rotatable bonds is 3. The zero-order chi connectivity index (χ0) is 11.6. The average Bonchev–Trinajstić information content (AvgIpc) is 2.68. The summed E-state index contributed by atoms with van der Waals surface area (Å²) in [7, 11) is 0. The quantitative estimate of drug-likeness (QED) is 0.665. The summed E-state index contributed by atoms with van der Waals surface area (Å²) in [5.41, 5.74) is 5.66. The second-order valence-corrected chi connectivity index (χ2v) is 4.11. The first-order valence-electron chi connectivity index (χ1n) is 5.22. The van der Waals surface area contributed by atoms with Gasteiger partial charge in [0.2, 0.25) is 0 Å². The fraction of sp³-hybridized carbons (Fsp3) is 0.600. The predicted octanol–water partition coefficient (Wildman–Crippen LogP) is -0.0695. The molecule has 88 valence electrons. The fourth-order valence-corrected chi connectivity index (χ4v) is 1.63. The van der Waals surface area contributed by atoms with E-state index in [1.165, 1.54) is 6.33 Å². The van der Waals surface area contributed by atoms with E-state index in [4.69, 9.17) is 10.5 Å². The van der Waals surface area contributed by atoms with Crippen molar-refractivity contribution in [3.8, 4) is 0 Å². The third kappa shape index (κ3) is 2.23. The molecule has 1 fully saturated rings. The smallest absolute Gasteiger partial charge is 0.134 e. The molecule has 6 nitrogen and oxygen atoms in total. The van der Waals surface area contributed by atoms with Crippen LogP contribution < -0.4 is 11.1 Å². The van der Waals surface area contributed by atoms with Crippen molar-refractivity contribution in [2.45, 2.75) is 18.9 Å². The number of ether oxygens (including phenoxy) is 1. The van der Waals surface area contributed by atoms with Crippen molar-refractivity contribution in [1.29, 1.82) is 0 Å². The van der Waals surface area contributed by atoms with Gasteiger partial charge in [-0.25, -0.2) is 9.97 Å². The van der Waals surface area contributed by atoms with Gasteiger partial charge in [-0.15, -0.1) is 0 Å². The van der Waals surface area contributed by atoms with Crippen molar-refractivity contribution in [2.75, 3.05) is 30.8 Å². The standard InChI is InChI=1S/C10H16N4O2/c1-7-8(11)13-6-14-9(7)12-4-10(15)2-3-16-5-10/h6,15H,2-5H2,1H3,(H3,11,12,13,14).